The lowest BCUT2D eigenvalue weighted by Gasteiger charge is -2.18. The van der Waals surface area contributed by atoms with E-state index in [1.807, 2.05) is 24.3 Å². The third-order valence-electron chi connectivity index (χ3n) is 4.83. The fourth-order valence-electron chi connectivity index (χ4n) is 3.10. The minimum atomic E-state index is 0.633. The molecular formula is C24H36N4O2. The molecule has 6 nitrogen and oxygen atoms in total. The highest BCUT2D eigenvalue weighted by atomic mass is 16.5. The number of ether oxygens (including phenoxy) is 2. The Morgan fingerprint density at radius 1 is 1.00 bits per heavy atom. The van der Waals surface area contributed by atoms with Gasteiger partial charge in [-0.2, -0.15) is 0 Å². The Labute approximate surface area is 181 Å². The summed E-state index contributed by atoms with van der Waals surface area (Å²) in [7, 11) is 3.47. The van der Waals surface area contributed by atoms with Crippen LogP contribution in [0.15, 0.2) is 53.5 Å². The van der Waals surface area contributed by atoms with Gasteiger partial charge >= 0.3 is 0 Å². The maximum absolute atomic E-state index is 5.77. The SMILES string of the molecule is CCN(CC)Cc1cccc(CNC(=NC)Nc2cccc(OCCCOC)c2)c1. The fraction of sp³-hybridized carbons (Fsp3) is 0.458. The first kappa shape index (κ1) is 23.7. The molecule has 0 aliphatic carbocycles. The number of hydrogen-bond acceptors (Lipinski definition) is 4. The van der Waals surface area contributed by atoms with Crippen LogP contribution in [0.3, 0.4) is 0 Å². The quantitative estimate of drug-likeness (QED) is 0.312. The van der Waals surface area contributed by atoms with Crippen molar-refractivity contribution in [2.45, 2.75) is 33.4 Å². The van der Waals surface area contributed by atoms with Gasteiger partial charge in [0.25, 0.3) is 0 Å². The van der Waals surface area contributed by atoms with Gasteiger partial charge < -0.3 is 20.1 Å². The number of hydrogen-bond donors (Lipinski definition) is 2. The number of nitrogens with zero attached hydrogens (tertiary/aromatic N) is 2. The van der Waals surface area contributed by atoms with Crippen LogP contribution in [-0.4, -0.2) is 51.3 Å². The first-order valence-corrected chi connectivity index (χ1v) is 10.7. The van der Waals surface area contributed by atoms with Crippen LogP contribution < -0.4 is 15.4 Å². The van der Waals surface area contributed by atoms with Crippen molar-refractivity contribution in [3.8, 4) is 5.75 Å². The summed E-state index contributed by atoms with van der Waals surface area (Å²) in [6.45, 7) is 9.53. The largest absolute Gasteiger partial charge is 0.493 e. The van der Waals surface area contributed by atoms with Crippen molar-refractivity contribution in [2.24, 2.45) is 4.99 Å². The van der Waals surface area contributed by atoms with Crippen LogP contribution in [0.25, 0.3) is 0 Å². The molecule has 164 valence electrons. The number of aliphatic imine (C=N–C) groups is 1. The lowest BCUT2D eigenvalue weighted by Crippen LogP contribution is -2.30. The standard InChI is InChI=1S/C24H36N4O2/c1-5-28(6-2)19-21-11-7-10-20(16-21)18-26-24(25-3)27-22-12-8-13-23(17-22)30-15-9-14-29-4/h7-8,10-13,16-17H,5-6,9,14-15,18-19H2,1-4H3,(H2,25,26,27). The summed E-state index contributed by atoms with van der Waals surface area (Å²) in [5.41, 5.74) is 3.50. The van der Waals surface area contributed by atoms with Crippen LogP contribution in [0, 0.1) is 0 Å². The summed E-state index contributed by atoms with van der Waals surface area (Å²) in [5, 5.41) is 6.72. The molecule has 0 atom stereocenters. The van der Waals surface area contributed by atoms with E-state index in [1.165, 1.54) is 11.1 Å². The number of nitrogens with one attached hydrogen (secondary N) is 2. The highest BCUT2D eigenvalue weighted by Gasteiger charge is 2.04. The predicted octanol–water partition coefficient (Wildman–Crippen LogP) is 4.13. The maximum atomic E-state index is 5.77. The number of rotatable bonds is 12. The zero-order chi connectivity index (χ0) is 21.6. The summed E-state index contributed by atoms with van der Waals surface area (Å²) < 4.78 is 10.8. The molecule has 0 amide bonds. The van der Waals surface area contributed by atoms with Gasteiger partial charge in [0, 0.05) is 52.0 Å². The van der Waals surface area contributed by atoms with Gasteiger partial charge in [0.15, 0.2) is 5.96 Å². The second-order valence-electron chi connectivity index (χ2n) is 7.05. The van der Waals surface area contributed by atoms with Crippen molar-refractivity contribution in [3.63, 3.8) is 0 Å². The molecule has 2 aromatic carbocycles. The molecule has 2 aromatic rings. The maximum Gasteiger partial charge on any atom is 0.195 e. The summed E-state index contributed by atoms with van der Waals surface area (Å²) >= 11 is 0. The molecular weight excluding hydrogens is 376 g/mol. The molecule has 0 saturated carbocycles. The molecule has 0 heterocycles. The van der Waals surface area contributed by atoms with Gasteiger partial charge in [-0.15, -0.1) is 0 Å². The van der Waals surface area contributed by atoms with E-state index in [4.69, 9.17) is 9.47 Å². The van der Waals surface area contributed by atoms with Crippen LogP contribution in [0.2, 0.25) is 0 Å². The Bertz CT molecular complexity index is 775. The van der Waals surface area contributed by atoms with Crippen molar-refractivity contribution in [2.75, 3.05) is 45.8 Å². The van der Waals surface area contributed by atoms with E-state index in [2.05, 4.69) is 58.6 Å². The predicted molar refractivity (Wildman–Crippen MR) is 125 cm³/mol. The Balaban J connectivity index is 1.89. The third-order valence-corrected chi connectivity index (χ3v) is 4.83. The monoisotopic (exact) mass is 412 g/mol. The minimum absolute atomic E-state index is 0.633. The van der Waals surface area contributed by atoms with Gasteiger partial charge in [0.1, 0.15) is 5.75 Å². The van der Waals surface area contributed by atoms with Crippen molar-refractivity contribution in [3.05, 3.63) is 59.7 Å². The summed E-state index contributed by atoms with van der Waals surface area (Å²) in [4.78, 5) is 6.75. The number of benzene rings is 2. The highest BCUT2D eigenvalue weighted by molar-refractivity contribution is 5.93. The molecule has 0 aromatic heterocycles. The molecule has 2 N–H and O–H groups in total. The molecule has 0 bridgehead atoms. The summed E-state index contributed by atoms with van der Waals surface area (Å²) in [6, 6.07) is 16.6. The van der Waals surface area contributed by atoms with Gasteiger partial charge in [0.2, 0.25) is 0 Å². The minimum Gasteiger partial charge on any atom is -0.493 e. The Kier molecular flexibility index (Phi) is 10.8. The molecule has 0 saturated heterocycles. The van der Waals surface area contributed by atoms with E-state index >= 15 is 0 Å². The van der Waals surface area contributed by atoms with Crippen LogP contribution in [0.1, 0.15) is 31.4 Å². The molecule has 0 unspecified atom stereocenters. The molecule has 0 aliphatic heterocycles. The second-order valence-corrected chi connectivity index (χ2v) is 7.05. The van der Waals surface area contributed by atoms with E-state index in [9.17, 15) is 0 Å². The molecule has 6 heteroatoms. The zero-order valence-electron chi connectivity index (χ0n) is 18.8. The summed E-state index contributed by atoms with van der Waals surface area (Å²) in [6.07, 6.45) is 0.866. The molecule has 0 aliphatic rings. The average molecular weight is 413 g/mol. The smallest absolute Gasteiger partial charge is 0.195 e. The Hall–Kier alpha value is -2.57. The van der Waals surface area contributed by atoms with E-state index in [-0.39, 0.29) is 0 Å². The van der Waals surface area contributed by atoms with E-state index < -0.39 is 0 Å². The highest BCUT2D eigenvalue weighted by Crippen LogP contribution is 2.17. The topological polar surface area (TPSA) is 58.1 Å². The van der Waals surface area contributed by atoms with Crippen LogP contribution in [0.4, 0.5) is 5.69 Å². The van der Waals surface area contributed by atoms with Crippen molar-refractivity contribution in [1.29, 1.82) is 0 Å². The van der Waals surface area contributed by atoms with Crippen LogP contribution in [0.5, 0.6) is 5.75 Å². The molecule has 0 spiro atoms. The van der Waals surface area contributed by atoms with E-state index in [0.29, 0.717) is 19.8 Å². The lowest BCUT2D eigenvalue weighted by atomic mass is 10.1. The Morgan fingerprint density at radius 2 is 1.77 bits per heavy atom. The first-order chi connectivity index (χ1) is 14.7. The molecule has 30 heavy (non-hydrogen) atoms. The molecule has 0 fully saturated rings. The number of guanidine groups is 1. The molecule has 2 rings (SSSR count). The average Bonchev–Trinajstić information content (AvgIpc) is 2.78. The number of methoxy groups -OCH3 is 1. The van der Waals surface area contributed by atoms with Crippen molar-refractivity contribution < 1.29 is 9.47 Å². The first-order valence-electron chi connectivity index (χ1n) is 10.7. The van der Waals surface area contributed by atoms with E-state index in [0.717, 1.165) is 43.5 Å². The van der Waals surface area contributed by atoms with Gasteiger partial charge in [-0.05, 0) is 36.3 Å². The fourth-order valence-corrected chi connectivity index (χ4v) is 3.10. The second kappa shape index (κ2) is 13.6. The van der Waals surface area contributed by atoms with Gasteiger partial charge in [0.05, 0.1) is 6.61 Å². The summed E-state index contributed by atoms with van der Waals surface area (Å²) in [5.74, 6) is 1.55. The van der Waals surface area contributed by atoms with E-state index in [1.54, 1.807) is 14.2 Å². The third kappa shape index (κ3) is 8.43. The van der Waals surface area contributed by atoms with Crippen LogP contribution >= 0.6 is 0 Å². The van der Waals surface area contributed by atoms with Crippen LogP contribution in [-0.2, 0) is 17.8 Å². The van der Waals surface area contributed by atoms with Crippen molar-refractivity contribution >= 4 is 11.6 Å². The van der Waals surface area contributed by atoms with Gasteiger partial charge in [-0.25, -0.2) is 0 Å². The zero-order valence-corrected chi connectivity index (χ0v) is 18.8. The lowest BCUT2D eigenvalue weighted by molar-refractivity contribution is 0.172. The Morgan fingerprint density at radius 3 is 2.50 bits per heavy atom. The number of anilines is 1. The normalized spacial score (nSPS) is 11.6. The van der Waals surface area contributed by atoms with Gasteiger partial charge in [-0.1, -0.05) is 44.2 Å². The molecule has 0 radical (unpaired) electrons. The van der Waals surface area contributed by atoms with Crippen molar-refractivity contribution in [1.82, 2.24) is 10.2 Å². The van der Waals surface area contributed by atoms with Gasteiger partial charge in [-0.3, -0.25) is 9.89 Å².